The molecule has 1 aliphatic carbocycles. The molecule has 0 bridgehead atoms. The number of nitrogens with one attached hydrogen (secondary N) is 1. The second-order valence-corrected chi connectivity index (χ2v) is 9.62. The van der Waals surface area contributed by atoms with Crippen LogP contribution >= 0.6 is 0 Å². The minimum Gasteiger partial charge on any atom is -0.494 e. The third-order valence-electron chi connectivity index (χ3n) is 7.17. The van der Waals surface area contributed by atoms with Crippen LogP contribution in [-0.2, 0) is 4.79 Å². The van der Waals surface area contributed by atoms with Crippen LogP contribution < -0.4 is 24.4 Å². The normalized spacial score (nSPS) is 14.2. The van der Waals surface area contributed by atoms with Gasteiger partial charge < -0.3 is 23.9 Å². The Hall–Kier alpha value is -4.87. The number of tetrazole rings is 1. The van der Waals surface area contributed by atoms with E-state index < -0.39 is 11.9 Å². The Kier molecular flexibility index (Phi) is 8.47. The van der Waals surface area contributed by atoms with Crippen molar-refractivity contribution in [1.82, 2.24) is 25.5 Å². The van der Waals surface area contributed by atoms with Gasteiger partial charge in [-0.1, -0.05) is 25.3 Å². The fourth-order valence-corrected chi connectivity index (χ4v) is 5.15. The highest BCUT2D eigenvalue weighted by Gasteiger charge is 2.36. The van der Waals surface area contributed by atoms with Gasteiger partial charge in [-0.25, -0.2) is 0 Å². The number of nitrogens with zero attached hydrogens (tertiary/aromatic N) is 5. The summed E-state index contributed by atoms with van der Waals surface area (Å²) in [6.45, 7) is 0. The van der Waals surface area contributed by atoms with Crippen molar-refractivity contribution in [2.75, 3.05) is 26.2 Å². The van der Waals surface area contributed by atoms with Gasteiger partial charge in [0.2, 0.25) is 5.91 Å². The first kappa shape index (κ1) is 27.7. The molecule has 1 saturated carbocycles. The second-order valence-electron chi connectivity index (χ2n) is 9.62. The maximum Gasteiger partial charge on any atom is 0.294 e. The number of aromatic nitrogens is 4. The minimum absolute atomic E-state index is 0.0104. The molecule has 2 aromatic heterocycles. The monoisotopic (exact) mass is 560 g/mol. The SMILES string of the molecule is COc1ccc([C@@H](C(=O)NC2CCCCC2)N(C(=O)c2ccco2)c2ccc(-n3cnnn3)c(OC)c2)cc1OC. The maximum atomic E-state index is 14.2. The molecule has 0 radical (unpaired) electrons. The lowest BCUT2D eigenvalue weighted by Crippen LogP contribution is -2.47. The van der Waals surface area contributed by atoms with Gasteiger partial charge in [0.15, 0.2) is 17.3 Å². The Morgan fingerprint density at radius 1 is 0.976 bits per heavy atom. The number of hydrogen-bond donors (Lipinski definition) is 1. The molecule has 0 aliphatic heterocycles. The number of amides is 2. The van der Waals surface area contributed by atoms with Gasteiger partial charge in [-0.05, 0) is 65.2 Å². The smallest absolute Gasteiger partial charge is 0.294 e. The highest BCUT2D eigenvalue weighted by molar-refractivity contribution is 6.09. The summed E-state index contributed by atoms with van der Waals surface area (Å²) in [6, 6.07) is 12.4. The van der Waals surface area contributed by atoms with E-state index in [1.165, 1.54) is 43.5 Å². The molecule has 1 fully saturated rings. The molecule has 1 aliphatic rings. The number of hydrogen-bond acceptors (Lipinski definition) is 9. The van der Waals surface area contributed by atoms with E-state index in [9.17, 15) is 9.59 Å². The number of methoxy groups -OCH3 is 3. The van der Waals surface area contributed by atoms with Crippen molar-refractivity contribution >= 4 is 17.5 Å². The van der Waals surface area contributed by atoms with Crippen molar-refractivity contribution in [3.8, 4) is 22.9 Å². The quantitative estimate of drug-likeness (QED) is 0.304. The Bertz CT molecular complexity index is 1470. The average Bonchev–Trinajstić information content (AvgIpc) is 3.75. The van der Waals surface area contributed by atoms with Crippen LogP contribution in [0.3, 0.4) is 0 Å². The third kappa shape index (κ3) is 5.86. The Labute approximate surface area is 237 Å². The first-order chi connectivity index (χ1) is 20.0. The second kappa shape index (κ2) is 12.5. The molecular weight excluding hydrogens is 528 g/mol. The molecule has 2 heterocycles. The third-order valence-corrected chi connectivity index (χ3v) is 7.17. The highest BCUT2D eigenvalue weighted by Crippen LogP contribution is 2.38. The molecule has 2 amide bonds. The molecule has 12 nitrogen and oxygen atoms in total. The van der Waals surface area contributed by atoms with Gasteiger partial charge in [-0.2, -0.15) is 4.68 Å². The molecule has 0 unspecified atom stereocenters. The molecule has 41 heavy (non-hydrogen) atoms. The van der Waals surface area contributed by atoms with Crippen LogP contribution in [-0.4, -0.2) is 59.4 Å². The van der Waals surface area contributed by atoms with Crippen molar-refractivity contribution < 1.29 is 28.2 Å². The van der Waals surface area contributed by atoms with Gasteiger partial charge in [-0.15, -0.1) is 5.10 Å². The molecular formula is C29H32N6O6. The van der Waals surface area contributed by atoms with E-state index in [2.05, 4.69) is 20.8 Å². The van der Waals surface area contributed by atoms with Gasteiger partial charge in [0.1, 0.15) is 23.8 Å². The molecule has 5 rings (SSSR count). The lowest BCUT2D eigenvalue weighted by molar-refractivity contribution is -0.123. The number of rotatable bonds is 10. The van der Waals surface area contributed by atoms with Crippen LogP contribution in [0.25, 0.3) is 5.69 Å². The largest absolute Gasteiger partial charge is 0.494 e. The zero-order valence-electron chi connectivity index (χ0n) is 23.1. The fraction of sp³-hybridized carbons (Fsp3) is 0.345. The molecule has 4 aromatic rings. The zero-order valence-corrected chi connectivity index (χ0v) is 23.1. The van der Waals surface area contributed by atoms with Gasteiger partial charge in [-0.3, -0.25) is 14.5 Å². The summed E-state index contributed by atoms with van der Waals surface area (Å²) >= 11 is 0. The van der Waals surface area contributed by atoms with E-state index in [1.807, 2.05) is 0 Å². The zero-order chi connectivity index (χ0) is 28.8. The van der Waals surface area contributed by atoms with E-state index in [1.54, 1.807) is 48.5 Å². The number of furan rings is 1. The first-order valence-corrected chi connectivity index (χ1v) is 13.3. The Morgan fingerprint density at radius 3 is 2.41 bits per heavy atom. The lowest BCUT2D eigenvalue weighted by atomic mass is 9.94. The molecule has 214 valence electrons. The van der Waals surface area contributed by atoms with E-state index >= 15 is 0 Å². The van der Waals surface area contributed by atoms with E-state index in [0.717, 1.165) is 32.1 Å². The van der Waals surface area contributed by atoms with E-state index in [0.29, 0.717) is 34.2 Å². The predicted octanol–water partition coefficient (Wildman–Crippen LogP) is 4.12. The molecule has 0 saturated heterocycles. The summed E-state index contributed by atoms with van der Waals surface area (Å²) < 4.78 is 23.6. The first-order valence-electron chi connectivity index (χ1n) is 13.3. The van der Waals surface area contributed by atoms with Crippen LogP contribution in [0, 0.1) is 0 Å². The maximum absolute atomic E-state index is 14.2. The molecule has 0 spiro atoms. The summed E-state index contributed by atoms with van der Waals surface area (Å²) in [5.74, 6) is 0.560. The van der Waals surface area contributed by atoms with Crippen molar-refractivity contribution in [1.29, 1.82) is 0 Å². The van der Waals surface area contributed by atoms with E-state index in [-0.39, 0.29) is 17.7 Å². The van der Waals surface area contributed by atoms with Crippen LogP contribution in [0.5, 0.6) is 17.2 Å². The predicted molar refractivity (Wildman–Crippen MR) is 149 cm³/mol. The summed E-state index contributed by atoms with van der Waals surface area (Å²) in [4.78, 5) is 29.7. The molecule has 12 heteroatoms. The number of carbonyl (C=O) groups is 2. The molecule has 1 N–H and O–H groups in total. The van der Waals surface area contributed by atoms with Crippen molar-refractivity contribution in [3.05, 3.63) is 72.4 Å². The molecule has 1 atom stereocenters. The van der Waals surface area contributed by atoms with Gasteiger partial charge >= 0.3 is 0 Å². The summed E-state index contributed by atoms with van der Waals surface area (Å²) in [5.41, 5.74) is 1.49. The summed E-state index contributed by atoms with van der Waals surface area (Å²) in [6.07, 6.45) is 7.83. The number of anilines is 1. The Morgan fingerprint density at radius 2 is 1.76 bits per heavy atom. The topological polar surface area (TPSA) is 134 Å². The van der Waals surface area contributed by atoms with Crippen molar-refractivity contribution in [2.45, 2.75) is 44.2 Å². The van der Waals surface area contributed by atoms with Crippen molar-refractivity contribution in [2.24, 2.45) is 0 Å². The molecule has 2 aromatic carbocycles. The highest BCUT2D eigenvalue weighted by atomic mass is 16.5. The van der Waals surface area contributed by atoms with Crippen molar-refractivity contribution in [3.63, 3.8) is 0 Å². The van der Waals surface area contributed by atoms with Crippen LogP contribution in [0.1, 0.15) is 54.3 Å². The van der Waals surface area contributed by atoms with E-state index in [4.69, 9.17) is 18.6 Å². The fourth-order valence-electron chi connectivity index (χ4n) is 5.15. The number of benzene rings is 2. The van der Waals surface area contributed by atoms with Crippen LogP contribution in [0.4, 0.5) is 5.69 Å². The minimum atomic E-state index is -1.09. The summed E-state index contributed by atoms with van der Waals surface area (Å²) in [7, 11) is 4.57. The number of carbonyl (C=O) groups excluding carboxylic acids is 2. The number of ether oxygens (including phenoxy) is 3. The lowest BCUT2D eigenvalue weighted by Gasteiger charge is -2.33. The van der Waals surface area contributed by atoms with Gasteiger partial charge in [0, 0.05) is 17.8 Å². The van der Waals surface area contributed by atoms with Crippen LogP contribution in [0.15, 0.2) is 65.5 Å². The van der Waals surface area contributed by atoms with Crippen LogP contribution in [0.2, 0.25) is 0 Å². The summed E-state index contributed by atoms with van der Waals surface area (Å²) in [5, 5.41) is 14.5. The van der Waals surface area contributed by atoms with Gasteiger partial charge in [0.25, 0.3) is 5.91 Å². The average molecular weight is 561 g/mol. The Balaban J connectivity index is 1.65. The standard InChI is InChI=1S/C29H32N6O6/c1-38-23-14-11-19(16-26(23)40-3)27(28(36)31-20-8-5-4-6-9-20)35(29(37)24-10-7-15-41-24)21-12-13-22(25(17-21)39-2)34-18-30-32-33-34/h7,10-18,20,27H,4-6,8-9H2,1-3H3,(H,31,36)/t27-/m0/s1. The van der Waals surface area contributed by atoms with Gasteiger partial charge in [0.05, 0.1) is 27.6 Å².